The number of amides is 1. The summed E-state index contributed by atoms with van der Waals surface area (Å²) in [6, 6.07) is 7.27. The van der Waals surface area contributed by atoms with Crippen molar-refractivity contribution in [3.05, 3.63) is 41.7 Å². The molecule has 1 aliphatic rings. The molecule has 0 atom stereocenters. The maximum atomic E-state index is 12.9. The number of nitrogens with zero attached hydrogens (tertiary/aromatic N) is 5. The van der Waals surface area contributed by atoms with Crippen molar-refractivity contribution in [2.75, 3.05) is 44.4 Å². The van der Waals surface area contributed by atoms with Crippen molar-refractivity contribution in [1.29, 1.82) is 0 Å². The maximum absolute atomic E-state index is 12.9. The lowest BCUT2D eigenvalue weighted by Crippen LogP contribution is -2.49. The van der Waals surface area contributed by atoms with Crippen LogP contribution in [-0.4, -0.2) is 73.5 Å². The van der Waals surface area contributed by atoms with Gasteiger partial charge in [-0.05, 0) is 18.2 Å². The lowest BCUT2D eigenvalue weighted by atomic mass is 10.2. The van der Waals surface area contributed by atoms with Gasteiger partial charge < -0.3 is 14.5 Å². The van der Waals surface area contributed by atoms with E-state index in [1.807, 2.05) is 12.1 Å². The summed E-state index contributed by atoms with van der Waals surface area (Å²) in [7, 11) is -1.96. The Morgan fingerprint density at radius 2 is 1.94 bits per heavy atom. The molecule has 1 amide bonds. The predicted octanol–water partition coefficient (Wildman–Crippen LogP) is 1.85. The van der Waals surface area contributed by atoms with Gasteiger partial charge in [0.25, 0.3) is 0 Å². The fourth-order valence-corrected chi connectivity index (χ4v) is 4.67. The predicted molar refractivity (Wildman–Crippen MR) is 117 cm³/mol. The van der Waals surface area contributed by atoms with Gasteiger partial charge in [0.1, 0.15) is 12.3 Å². The lowest BCUT2D eigenvalue weighted by Gasteiger charge is -2.36. The van der Waals surface area contributed by atoms with Crippen LogP contribution >= 0.6 is 11.6 Å². The van der Waals surface area contributed by atoms with Gasteiger partial charge in [-0.15, -0.1) is 0 Å². The number of hydrogen-bond acceptors (Lipinski definition) is 7. The molecule has 1 fully saturated rings. The fourth-order valence-electron chi connectivity index (χ4n) is 3.68. The summed E-state index contributed by atoms with van der Waals surface area (Å²) in [4.78, 5) is 20.8. The van der Waals surface area contributed by atoms with E-state index in [4.69, 9.17) is 16.3 Å². The summed E-state index contributed by atoms with van der Waals surface area (Å²) in [5.74, 6) is 0.494. The molecule has 0 bridgehead atoms. The summed E-state index contributed by atoms with van der Waals surface area (Å²) in [5.41, 5.74) is 1.55. The third-order valence-electron chi connectivity index (χ3n) is 5.29. The topological polar surface area (TPSA) is 97.6 Å². The number of aromatic nitrogens is 3. The first-order valence-electron chi connectivity index (χ1n) is 9.65. The number of anilines is 1. The number of carbonyl (C=O) groups excluding carboxylic acids is 1. The highest BCUT2D eigenvalue weighted by atomic mass is 35.5. The van der Waals surface area contributed by atoms with Gasteiger partial charge in [-0.3, -0.25) is 14.5 Å². The quantitative estimate of drug-likeness (QED) is 0.569. The number of sulfone groups is 1. The minimum absolute atomic E-state index is 0.0369. The number of fused-ring (bicyclic) bond motifs is 1. The minimum Gasteiger partial charge on any atom is -0.495 e. The van der Waals surface area contributed by atoms with Gasteiger partial charge in [0, 0.05) is 56.6 Å². The van der Waals surface area contributed by atoms with Crippen molar-refractivity contribution in [2.45, 2.75) is 11.6 Å². The van der Waals surface area contributed by atoms with Crippen molar-refractivity contribution < 1.29 is 17.9 Å². The van der Waals surface area contributed by atoms with Crippen LogP contribution in [-0.2, 0) is 21.2 Å². The number of pyridine rings is 1. The zero-order valence-electron chi connectivity index (χ0n) is 17.2. The molecule has 0 spiro atoms. The Kier molecular flexibility index (Phi) is 5.76. The van der Waals surface area contributed by atoms with Gasteiger partial charge in [0.2, 0.25) is 5.91 Å². The summed E-state index contributed by atoms with van der Waals surface area (Å²) >= 11 is 6.10. The van der Waals surface area contributed by atoms with Crippen LogP contribution in [0.3, 0.4) is 0 Å². The van der Waals surface area contributed by atoms with E-state index < -0.39 is 9.84 Å². The Hall–Kier alpha value is -2.85. The number of benzene rings is 1. The van der Waals surface area contributed by atoms with E-state index in [0.717, 1.165) is 11.9 Å². The van der Waals surface area contributed by atoms with E-state index in [1.165, 1.54) is 10.9 Å². The molecule has 1 aromatic carbocycles. The minimum atomic E-state index is -3.54. The van der Waals surface area contributed by atoms with E-state index >= 15 is 0 Å². The molecule has 31 heavy (non-hydrogen) atoms. The van der Waals surface area contributed by atoms with Crippen molar-refractivity contribution in [3.8, 4) is 5.75 Å². The van der Waals surface area contributed by atoms with Gasteiger partial charge >= 0.3 is 0 Å². The summed E-state index contributed by atoms with van der Waals surface area (Å²) < 4.78 is 30.8. The molecular formula is C20H22ClN5O4S. The zero-order valence-corrected chi connectivity index (χ0v) is 18.7. The van der Waals surface area contributed by atoms with E-state index in [-0.39, 0.29) is 17.5 Å². The number of carbonyl (C=O) groups is 1. The van der Waals surface area contributed by atoms with Gasteiger partial charge in [-0.2, -0.15) is 5.10 Å². The molecule has 2 aromatic heterocycles. The first-order valence-corrected chi connectivity index (χ1v) is 11.9. The Bertz CT molecular complexity index is 1240. The average Bonchev–Trinajstić information content (AvgIpc) is 3.13. The van der Waals surface area contributed by atoms with E-state index in [2.05, 4.69) is 15.0 Å². The molecule has 0 saturated carbocycles. The summed E-state index contributed by atoms with van der Waals surface area (Å²) in [5, 5.41) is 5.09. The van der Waals surface area contributed by atoms with Crippen LogP contribution < -0.4 is 9.64 Å². The molecule has 11 heteroatoms. The molecular weight excluding hydrogens is 442 g/mol. The molecule has 1 aliphatic heterocycles. The Labute approximate surface area is 185 Å². The lowest BCUT2D eigenvalue weighted by molar-refractivity contribution is -0.132. The smallest absolute Gasteiger partial charge is 0.244 e. The summed E-state index contributed by atoms with van der Waals surface area (Å²) in [6.07, 6.45) is 4.11. The van der Waals surface area contributed by atoms with Gasteiger partial charge in [0.05, 0.1) is 23.0 Å². The van der Waals surface area contributed by atoms with Crippen LogP contribution in [0.2, 0.25) is 5.02 Å². The Balaban J connectivity index is 1.47. The van der Waals surface area contributed by atoms with Crippen molar-refractivity contribution >= 4 is 43.9 Å². The number of hydrogen-bond donors (Lipinski definition) is 0. The monoisotopic (exact) mass is 463 g/mol. The third-order valence-corrected chi connectivity index (χ3v) is 6.60. The Morgan fingerprint density at radius 3 is 2.61 bits per heavy atom. The van der Waals surface area contributed by atoms with Crippen molar-refractivity contribution in [3.63, 3.8) is 0 Å². The molecule has 9 nitrogen and oxygen atoms in total. The highest BCUT2D eigenvalue weighted by molar-refractivity contribution is 7.90. The highest BCUT2D eigenvalue weighted by Crippen LogP contribution is 2.30. The molecule has 0 unspecified atom stereocenters. The van der Waals surface area contributed by atoms with Gasteiger partial charge in [-0.1, -0.05) is 11.6 Å². The molecule has 0 N–H and O–H groups in total. The first kappa shape index (κ1) is 21.4. The van der Waals surface area contributed by atoms with Crippen LogP contribution in [0.5, 0.6) is 5.75 Å². The molecule has 3 aromatic rings. The zero-order chi connectivity index (χ0) is 22.2. The molecule has 0 radical (unpaired) electrons. The van der Waals surface area contributed by atoms with E-state index in [9.17, 15) is 13.2 Å². The maximum Gasteiger partial charge on any atom is 0.244 e. The fraction of sp³-hybridized carbons (Fsp3) is 0.350. The molecule has 164 valence electrons. The number of methoxy groups -OCH3 is 1. The average molecular weight is 464 g/mol. The van der Waals surface area contributed by atoms with Gasteiger partial charge in [-0.25, -0.2) is 8.42 Å². The number of rotatable bonds is 5. The molecule has 0 aliphatic carbocycles. The largest absolute Gasteiger partial charge is 0.495 e. The first-order chi connectivity index (χ1) is 14.8. The number of halogens is 1. The van der Waals surface area contributed by atoms with Crippen molar-refractivity contribution in [1.82, 2.24) is 19.7 Å². The van der Waals surface area contributed by atoms with E-state index in [0.29, 0.717) is 47.9 Å². The normalized spacial score (nSPS) is 14.8. The second-order valence-corrected chi connectivity index (χ2v) is 9.65. The van der Waals surface area contributed by atoms with Crippen LogP contribution in [0.1, 0.15) is 0 Å². The van der Waals surface area contributed by atoms with Crippen LogP contribution in [0.4, 0.5) is 5.69 Å². The molecule has 3 heterocycles. The number of piperazine rings is 1. The van der Waals surface area contributed by atoms with Crippen LogP contribution in [0, 0.1) is 0 Å². The van der Waals surface area contributed by atoms with Gasteiger partial charge in [0.15, 0.2) is 14.9 Å². The highest BCUT2D eigenvalue weighted by Gasteiger charge is 2.25. The van der Waals surface area contributed by atoms with Crippen LogP contribution in [0.15, 0.2) is 41.7 Å². The molecule has 4 rings (SSSR count). The third kappa shape index (κ3) is 4.31. The number of ether oxygens (including phenoxy) is 1. The standard InChI is InChI=1S/C20H22ClN5O4S/c1-30-18-11-14(3-4-16(18)21)24-7-9-25(10-8-24)19(27)13-26-17-5-6-22-12-15(17)20(23-26)31(2,28)29/h3-6,11-12H,7-10,13H2,1-2H3. The second kappa shape index (κ2) is 8.35. The van der Waals surface area contributed by atoms with E-state index in [1.54, 1.807) is 30.3 Å². The summed E-state index contributed by atoms with van der Waals surface area (Å²) in [6.45, 7) is 2.38. The molecule has 1 saturated heterocycles. The van der Waals surface area contributed by atoms with Crippen LogP contribution in [0.25, 0.3) is 10.9 Å². The SMILES string of the molecule is COc1cc(N2CCN(C(=O)Cn3nc(S(C)(=O)=O)c4cnccc43)CC2)ccc1Cl. The Morgan fingerprint density at radius 1 is 1.19 bits per heavy atom. The van der Waals surface area contributed by atoms with Crippen molar-refractivity contribution in [2.24, 2.45) is 0 Å². The second-order valence-electron chi connectivity index (χ2n) is 7.31.